The fourth-order valence-electron chi connectivity index (χ4n) is 5.35. The molecular weight excluding hydrogens is 1210 g/mol. The molecule has 0 N–H and O–H groups in total. The van der Waals surface area contributed by atoms with E-state index in [-0.39, 0.29) is 262 Å². The third-order valence-corrected chi connectivity index (χ3v) is 23.8. The second-order valence-electron chi connectivity index (χ2n) is 10.9. The van der Waals surface area contributed by atoms with E-state index in [1.54, 1.807) is 33.4 Å². The summed E-state index contributed by atoms with van der Waals surface area (Å²) in [5.74, 6) is 0.640. The molecule has 2 aromatic rings. The van der Waals surface area contributed by atoms with Crippen LogP contribution in [0, 0.1) is 53.9 Å². The van der Waals surface area contributed by atoms with E-state index in [4.69, 9.17) is 0 Å². The van der Waals surface area contributed by atoms with Gasteiger partial charge in [0, 0.05) is 262 Å². The summed E-state index contributed by atoms with van der Waals surface area (Å²) in [7, 11) is 8.28. The van der Waals surface area contributed by atoms with Crippen molar-refractivity contribution in [2.24, 2.45) is 5.92 Å². The van der Waals surface area contributed by atoms with E-state index in [9.17, 15) is 0 Å². The van der Waals surface area contributed by atoms with Crippen LogP contribution >= 0.6 is 41.0 Å². The third-order valence-electron chi connectivity index (χ3n) is 7.77. The van der Waals surface area contributed by atoms with Crippen molar-refractivity contribution in [2.75, 3.05) is 13.3 Å². The van der Waals surface area contributed by atoms with Crippen LogP contribution in [0.1, 0.15) is 76.4 Å². The van der Waals surface area contributed by atoms with Crippen molar-refractivity contribution < 1.29 is 262 Å². The van der Waals surface area contributed by atoms with Gasteiger partial charge in [-0.3, -0.25) is 0 Å². The summed E-state index contributed by atoms with van der Waals surface area (Å²) in [5, 5.41) is 0. The minimum absolute atomic E-state index is 0. The molecule has 0 aliphatic heterocycles. The van der Waals surface area contributed by atoms with Gasteiger partial charge >= 0.3 is 221 Å². The molecule has 13 heteroatoms. The largest absolute Gasteiger partial charge is 0 e. The summed E-state index contributed by atoms with van der Waals surface area (Å²) in [6.07, 6.45) is 7.00. The number of benzene rings is 2. The zero-order valence-corrected chi connectivity index (χ0v) is 56.3. The SMILES string of the molecule is C[CH-]Cc1c(C)c(C)c(C)c(CPC)c1-c1c(CC(C)C)c(C)c(C)c(C)c1C[PH](C)(P)PP.[Y].[Y].[Y].[Y].[Y].[Y].[Y].[Y]. The fourth-order valence-corrected chi connectivity index (χ4v) is 9.79. The summed E-state index contributed by atoms with van der Waals surface area (Å²) in [6.45, 7) is 24.8. The summed E-state index contributed by atoms with van der Waals surface area (Å²) < 4.78 is 0. The van der Waals surface area contributed by atoms with Gasteiger partial charge in [-0.25, -0.2) is 0 Å². The molecule has 0 bridgehead atoms. The normalized spacial score (nSPS) is 10.8. The fraction of sp³-hybridized carbons (Fsp3) is 0.552. The Bertz CT molecular complexity index is 1030. The summed E-state index contributed by atoms with van der Waals surface area (Å²) in [6, 6.07) is 0. The molecule has 8 radical (unpaired) electrons. The predicted molar refractivity (Wildman–Crippen MR) is 176 cm³/mol. The molecule has 4 unspecified atom stereocenters. The average Bonchev–Trinajstić information content (AvgIpc) is 2.78. The van der Waals surface area contributed by atoms with E-state index in [1.807, 2.05) is 0 Å². The van der Waals surface area contributed by atoms with E-state index in [1.165, 1.54) is 45.7 Å². The topological polar surface area (TPSA) is 0 Å². The van der Waals surface area contributed by atoms with Crippen LogP contribution in [-0.2, 0) is 287 Å². The quantitative estimate of drug-likeness (QED) is 0.164. The molecule has 0 fully saturated rings. The van der Waals surface area contributed by atoms with Crippen LogP contribution in [0.4, 0.5) is 0 Å². The Hall–Kier alpha value is 9.42. The standard InChI is InChI=1S/C29H50P5.8Y/c1-12-13-24-20(6)18(4)22(8)26(15-32-10)28(24)29-25(14-17(2)3)21(7)19(5)23(9)27(29)16-34(11,31)33-30;;;;;;;;/h12,17,32-34H,13-16,30-31H2,1-11H3;;;;;;;;/q-1;;;;;;;;. The van der Waals surface area contributed by atoms with Crippen molar-refractivity contribution >= 4 is 41.0 Å². The molecule has 0 heterocycles. The maximum atomic E-state index is 3.32. The van der Waals surface area contributed by atoms with E-state index in [2.05, 4.69) is 99.9 Å². The Morgan fingerprint density at radius 3 is 1.43 bits per heavy atom. The first-order valence-corrected chi connectivity index (χ1v) is 22.8. The first-order valence-electron chi connectivity index (χ1n) is 12.7. The van der Waals surface area contributed by atoms with E-state index >= 15 is 0 Å². The van der Waals surface area contributed by atoms with Gasteiger partial charge in [-0.1, -0.05) is 0 Å². The van der Waals surface area contributed by atoms with Crippen LogP contribution in [0.5, 0.6) is 0 Å². The summed E-state index contributed by atoms with van der Waals surface area (Å²) >= 11 is 0. The average molecular weight is 1260 g/mol. The van der Waals surface area contributed by atoms with Gasteiger partial charge in [0.05, 0.1) is 0 Å². The monoisotopic (exact) mass is 1260 g/mol. The van der Waals surface area contributed by atoms with Gasteiger partial charge in [0.15, 0.2) is 0 Å². The van der Waals surface area contributed by atoms with Gasteiger partial charge in [0.25, 0.3) is 0 Å². The van der Waals surface area contributed by atoms with Crippen LogP contribution in [-0.4, -0.2) is 13.3 Å². The Morgan fingerprint density at radius 1 is 0.667 bits per heavy atom. The number of hydrogen-bond acceptors (Lipinski definition) is 0. The third kappa shape index (κ3) is 18.4. The van der Waals surface area contributed by atoms with Crippen molar-refractivity contribution in [1.29, 1.82) is 0 Å². The summed E-state index contributed by atoms with van der Waals surface area (Å²) in [4.78, 5) is 0. The van der Waals surface area contributed by atoms with Crippen molar-refractivity contribution in [3.05, 3.63) is 62.1 Å². The van der Waals surface area contributed by atoms with Crippen molar-refractivity contribution in [3.8, 4) is 11.1 Å². The van der Waals surface area contributed by atoms with Crippen molar-refractivity contribution in [2.45, 2.75) is 87.5 Å². The van der Waals surface area contributed by atoms with E-state index in [0.29, 0.717) is 5.92 Å². The van der Waals surface area contributed by atoms with Gasteiger partial charge in [0.2, 0.25) is 0 Å². The predicted octanol–water partition coefficient (Wildman–Crippen LogP) is 10.0. The number of rotatable bonds is 10. The molecule has 216 valence electrons. The number of hydrogen-bond donors (Lipinski definition) is 0. The molecule has 2 rings (SSSR count). The Morgan fingerprint density at radius 2 is 1.05 bits per heavy atom. The van der Waals surface area contributed by atoms with Crippen molar-refractivity contribution in [1.82, 2.24) is 0 Å². The molecule has 2 aromatic carbocycles. The van der Waals surface area contributed by atoms with Crippen molar-refractivity contribution in [3.63, 3.8) is 0 Å². The van der Waals surface area contributed by atoms with Gasteiger partial charge in [-0.15, -0.1) is 0 Å². The van der Waals surface area contributed by atoms with E-state index < -0.39 is 6.64 Å². The van der Waals surface area contributed by atoms with Crippen LogP contribution < -0.4 is 0 Å². The molecule has 0 aromatic heterocycles. The van der Waals surface area contributed by atoms with E-state index in [0.717, 1.165) is 29.4 Å². The second-order valence-corrected chi connectivity index (χ2v) is 27.9. The molecular formula is C29H50P5Y8-. The molecule has 0 nitrogen and oxygen atoms in total. The second kappa shape index (κ2) is 32.6. The molecule has 0 saturated carbocycles. The Kier molecular flexibility index (Phi) is 51.5. The van der Waals surface area contributed by atoms with Crippen LogP contribution in [0.25, 0.3) is 11.1 Å². The molecule has 0 aliphatic carbocycles. The van der Waals surface area contributed by atoms with Gasteiger partial charge in [-0.05, 0) is 0 Å². The first kappa shape index (κ1) is 66.3. The minimum atomic E-state index is -1.43. The molecule has 0 amide bonds. The maximum absolute atomic E-state index is 3.32. The molecule has 42 heavy (non-hydrogen) atoms. The molecule has 4 atom stereocenters. The molecule has 0 saturated heterocycles. The van der Waals surface area contributed by atoms with Gasteiger partial charge in [-0.2, -0.15) is 0 Å². The Balaban J connectivity index is -0.000000306. The summed E-state index contributed by atoms with van der Waals surface area (Å²) in [5.41, 5.74) is 18.8. The zero-order chi connectivity index (χ0) is 26.0. The maximum Gasteiger partial charge on any atom is 0 e. The van der Waals surface area contributed by atoms with Crippen LogP contribution in [0.15, 0.2) is 0 Å². The minimum Gasteiger partial charge on any atom is 0 e. The van der Waals surface area contributed by atoms with Crippen LogP contribution in [0.2, 0.25) is 0 Å². The molecule has 0 aliphatic rings. The Labute approximate surface area is 471 Å². The smallest absolute Gasteiger partial charge is 0 e. The van der Waals surface area contributed by atoms with Crippen LogP contribution in [0.3, 0.4) is 0 Å². The first-order chi connectivity index (χ1) is 15.8. The molecule has 0 spiro atoms. The van der Waals surface area contributed by atoms with Gasteiger partial charge in [0.1, 0.15) is 0 Å². The zero-order valence-electron chi connectivity index (χ0n) is 28.3. The van der Waals surface area contributed by atoms with Gasteiger partial charge < -0.3 is 0 Å².